The first-order valence-electron chi connectivity index (χ1n) is 12.6. The minimum Gasteiger partial charge on any atom is -0.329 e. The summed E-state index contributed by atoms with van der Waals surface area (Å²) in [7, 11) is 0. The van der Waals surface area contributed by atoms with Gasteiger partial charge in [0.2, 0.25) is 11.8 Å². The summed E-state index contributed by atoms with van der Waals surface area (Å²) in [6.07, 6.45) is 6.69. The molecule has 0 aliphatic carbocycles. The minimum absolute atomic E-state index is 0.160. The van der Waals surface area contributed by atoms with E-state index in [1.807, 2.05) is 28.0 Å². The van der Waals surface area contributed by atoms with Gasteiger partial charge >= 0.3 is 0 Å². The molecule has 3 aliphatic rings. The number of carbonyl (C=O) groups is 2. The summed E-state index contributed by atoms with van der Waals surface area (Å²) >= 11 is 0. The second-order valence-corrected chi connectivity index (χ2v) is 9.88. The molecule has 3 fully saturated rings. The van der Waals surface area contributed by atoms with Crippen molar-refractivity contribution in [3.05, 3.63) is 71.8 Å². The highest BCUT2D eigenvalue weighted by molar-refractivity contribution is 6.00. The third-order valence-corrected chi connectivity index (χ3v) is 7.88. The van der Waals surface area contributed by atoms with E-state index in [1.165, 1.54) is 12.0 Å². The number of hydrogen-bond donors (Lipinski definition) is 0. The Kier molecular flexibility index (Phi) is 6.50. The van der Waals surface area contributed by atoms with E-state index < -0.39 is 5.54 Å². The summed E-state index contributed by atoms with van der Waals surface area (Å²) in [5.41, 5.74) is 1.83. The van der Waals surface area contributed by atoms with Crippen LogP contribution in [0.2, 0.25) is 0 Å². The Morgan fingerprint density at radius 2 is 1.48 bits per heavy atom. The topological polar surface area (TPSA) is 43.9 Å². The molecule has 0 radical (unpaired) electrons. The van der Waals surface area contributed by atoms with Gasteiger partial charge in [0.1, 0.15) is 11.6 Å². The fourth-order valence-electron chi connectivity index (χ4n) is 5.97. The Morgan fingerprint density at radius 1 is 0.818 bits per heavy atom. The van der Waals surface area contributed by atoms with Crippen molar-refractivity contribution in [1.82, 2.24) is 14.7 Å². The van der Waals surface area contributed by atoms with Crippen LogP contribution in [0, 0.1) is 0 Å². The van der Waals surface area contributed by atoms with Crippen molar-refractivity contribution in [1.29, 1.82) is 0 Å². The van der Waals surface area contributed by atoms with E-state index in [0.29, 0.717) is 6.54 Å². The van der Waals surface area contributed by atoms with Gasteiger partial charge in [-0.2, -0.15) is 0 Å². The van der Waals surface area contributed by atoms with Crippen LogP contribution in [0.15, 0.2) is 60.7 Å². The Hall–Kier alpha value is -2.66. The lowest BCUT2D eigenvalue weighted by Crippen LogP contribution is -2.72. The number of rotatable bonds is 7. The van der Waals surface area contributed by atoms with Crippen molar-refractivity contribution in [2.75, 3.05) is 26.2 Å². The highest BCUT2D eigenvalue weighted by atomic mass is 16.2. The predicted molar refractivity (Wildman–Crippen MR) is 130 cm³/mol. The van der Waals surface area contributed by atoms with Gasteiger partial charge in [-0.05, 0) is 62.6 Å². The Labute approximate surface area is 197 Å². The zero-order valence-electron chi connectivity index (χ0n) is 19.5. The molecule has 33 heavy (non-hydrogen) atoms. The smallest absolute Gasteiger partial charge is 0.249 e. The van der Waals surface area contributed by atoms with E-state index in [-0.39, 0.29) is 17.9 Å². The van der Waals surface area contributed by atoms with Crippen LogP contribution in [0.1, 0.15) is 49.7 Å². The molecule has 5 heteroatoms. The lowest BCUT2D eigenvalue weighted by atomic mass is 9.80. The molecule has 174 valence electrons. The average molecular weight is 446 g/mol. The third kappa shape index (κ3) is 4.43. The summed E-state index contributed by atoms with van der Waals surface area (Å²) < 4.78 is 0. The van der Waals surface area contributed by atoms with E-state index >= 15 is 0 Å². The van der Waals surface area contributed by atoms with Crippen LogP contribution in [-0.2, 0) is 22.6 Å². The van der Waals surface area contributed by atoms with Crippen molar-refractivity contribution in [2.24, 2.45) is 0 Å². The number of likely N-dealkylation sites (tertiary alicyclic amines) is 1. The average Bonchev–Trinajstić information content (AvgIpc) is 3.36. The monoisotopic (exact) mass is 445 g/mol. The molecule has 0 N–H and O–H groups in total. The highest BCUT2D eigenvalue weighted by Crippen LogP contribution is 2.40. The fourth-order valence-corrected chi connectivity index (χ4v) is 5.97. The third-order valence-electron chi connectivity index (χ3n) is 7.88. The van der Waals surface area contributed by atoms with Crippen LogP contribution in [0.5, 0.6) is 0 Å². The molecule has 3 heterocycles. The van der Waals surface area contributed by atoms with E-state index in [1.54, 1.807) is 0 Å². The summed E-state index contributed by atoms with van der Waals surface area (Å²) in [4.78, 5) is 33.7. The van der Waals surface area contributed by atoms with Gasteiger partial charge in [-0.3, -0.25) is 9.59 Å². The predicted octanol–water partition coefficient (Wildman–Crippen LogP) is 3.88. The van der Waals surface area contributed by atoms with E-state index in [4.69, 9.17) is 0 Å². The summed E-state index contributed by atoms with van der Waals surface area (Å²) in [5, 5.41) is 0. The number of carbonyl (C=O) groups excluding carboxylic acids is 2. The number of unbranched alkanes of at least 4 members (excludes halogenated alkanes) is 1. The molecule has 5 nitrogen and oxygen atoms in total. The zero-order chi connectivity index (χ0) is 22.7. The minimum atomic E-state index is -0.672. The maximum atomic E-state index is 13.8. The van der Waals surface area contributed by atoms with Crippen LogP contribution in [-0.4, -0.2) is 64.3 Å². The number of nitrogens with zero attached hydrogens (tertiary/aromatic N) is 3. The van der Waals surface area contributed by atoms with Crippen molar-refractivity contribution in [3.8, 4) is 0 Å². The Morgan fingerprint density at radius 3 is 2.18 bits per heavy atom. The van der Waals surface area contributed by atoms with Gasteiger partial charge in [0.15, 0.2) is 0 Å². The lowest BCUT2D eigenvalue weighted by Gasteiger charge is -2.53. The maximum Gasteiger partial charge on any atom is 0.249 e. The largest absolute Gasteiger partial charge is 0.329 e. The molecule has 2 amide bonds. The molecule has 0 aromatic heterocycles. The first-order chi connectivity index (χ1) is 16.2. The quantitative estimate of drug-likeness (QED) is 0.608. The Balaban J connectivity index is 1.24. The van der Waals surface area contributed by atoms with E-state index in [0.717, 1.165) is 70.3 Å². The summed E-state index contributed by atoms with van der Waals surface area (Å²) in [6, 6.07) is 20.6. The van der Waals surface area contributed by atoms with Crippen molar-refractivity contribution in [2.45, 2.75) is 63.1 Å². The number of benzene rings is 2. The molecule has 1 atom stereocenters. The van der Waals surface area contributed by atoms with Crippen molar-refractivity contribution < 1.29 is 9.59 Å². The lowest BCUT2D eigenvalue weighted by molar-refractivity contribution is -0.173. The van der Waals surface area contributed by atoms with Gasteiger partial charge in [-0.25, -0.2) is 0 Å². The first-order valence-corrected chi connectivity index (χ1v) is 12.6. The Bertz CT molecular complexity index is 954. The van der Waals surface area contributed by atoms with Gasteiger partial charge in [-0.15, -0.1) is 0 Å². The molecule has 0 saturated carbocycles. The van der Waals surface area contributed by atoms with Crippen LogP contribution >= 0.6 is 0 Å². The van der Waals surface area contributed by atoms with Crippen LogP contribution in [0.3, 0.4) is 0 Å². The molecule has 3 saturated heterocycles. The number of amides is 2. The second kappa shape index (κ2) is 9.68. The van der Waals surface area contributed by atoms with Gasteiger partial charge in [0.25, 0.3) is 0 Å². The SMILES string of the molecule is O=C1C2CCCN2C(=O)C2(CCN(CCCCc3ccccc3)CC2)N1Cc1ccccc1. The number of fused-ring (bicyclic) bond motifs is 1. The van der Waals surface area contributed by atoms with Crippen LogP contribution < -0.4 is 0 Å². The number of piperazine rings is 1. The molecule has 5 rings (SSSR count). The standard InChI is InChI=1S/C28H35N3O2/c32-26-25-15-9-19-30(25)27(33)28(31(26)22-24-13-5-2-6-14-24)16-20-29(21-17-28)18-8-7-12-23-10-3-1-4-11-23/h1-6,10-11,13-14,25H,7-9,12,15-22H2. The number of aryl methyl sites for hydroxylation is 1. The molecular weight excluding hydrogens is 410 g/mol. The zero-order valence-corrected chi connectivity index (χ0v) is 19.5. The molecule has 0 bridgehead atoms. The van der Waals surface area contributed by atoms with Gasteiger partial charge in [0, 0.05) is 26.2 Å². The molecule has 2 aromatic carbocycles. The molecule has 2 aromatic rings. The molecular formula is C28H35N3O2. The number of hydrogen-bond acceptors (Lipinski definition) is 3. The van der Waals surface area contributed by atoms with Gasteiger partial charge in [0.05, 0.1) is 0 Å². The summed E-state index contributed by atoms with van der Waals surface area (Å²) in [6.45, 7) is 4.10. The van der Waals surface area contributed by atoms with E-state index in [9.17, 15) is 9.59 Å². The van der Waals surface area contributed by atoms with Gasteiger partial charge in [-0.1, -0.05) is 60.7 Å². The van der Waals surface area contributed by atoms with Crippen molar-refractivity contribution >= 4 is 11.8 Å². The highest BCUT2D eigenvalue weighted by Gasteiger charge is 2.57. The first kappa shape index (κ1) is 22.1. The fraction of sp³-hybridized carbons (Fsp3) is 0.500. The molecule has 1 spiro atoms. The summed E-state index contributed by atoms with van der Waals surface area (Å²) in [5.74, 6) is 0.358. The molecule has 1 unspecified atom stereocenters. The van der Waals surface area contributed by atoms with E-state index in [2.05, 4.69) is 47.4 Å². The van der Waals surface area contributed by atoms with Gasteiger partial charge < -0.3 is 14.7 Å². The second-order valence-electron chi connectivity index (χ2n) is 9.88. The number of piperidine rings is 1. The maximum absolute atomic E-state index is 13.8. The van der Waals surface area contributed by atoms with Crippen LogP contribution in [0.25, 0.3) is 0 Å². The normalized spacial score (nSPS) is 22.7. The van der Waals surface area contributed by atoms with Crippen LogP contribution in [0.4, 0.5) is 0 Å². The molecule has 3 aliphatic heterocycles. The van der Waals surface area contributed by atoms with Crippen molar-refractivity contribution in [3.63, 3.8) is 0 Å².